The van der Waals surface area contributed by atoms with Crippen LogP contribution >= 0.6 is 0 Å². The smallest absolute Gasteiger partial charge is 0.355 e. The van der Waals surface area contributed by atoms with Crippen molar-refractivity contribution in [3.05, 3.63) is 35.8 Å². The van der Waals surface area contributed by atoms with Gasteiger partial charge in [-0.15, -0.1) is 0 Å². The second-order valence-electron chi connectivity index (χ2n) is 4.10. The van der Waals surface area contributed by atoms with Gasteiger partial charge in [-0.3, -0.25) is 4.40 Å². The van der Waals surface area contributed by atoms with Crippen LogP contribution in [0.25, 0.3) is 5.65 Å². The van der Waals surface area contributed by atoms with Crippen molar-refractivity contribution >= 4 is 11.6 Å². The van der Waals surface area contributed by atoms with E-state index in [0.29, 0.717) is 5.69 Å². The largest absolute Gasteiger partial charge is 0.464 e. The molecule has 0 bridgehead atoms. The summed E-state index contributed by atoms with van der Waals surface area (Å²) in [4.78, 5) is 18.0. The molecule has 0 spiro atoms. The molecule has 5 nitrogen and oxygen atoms in total. The quantitative estimate of drug-likeness (QED) is 0.747. The second kappa shape index (κ2) is 4.55. The van der Waals surface area contributed by atoms with Crippen LogP contribution in [0, 0.1) is 0 Å². The number of hydrogen-bond acceptors (Lipinski definition) is 4. The van der Waals surface area contributed by atoms with Crippen LogP contribution in [-0.4, -0.2) is 41.5 Å². The van der Waals surface area contributed by atoms with Gasteiger partial charge in [0.15, 0.2) is 0 Å². The molecule has 17 heavy (non-hydrogen) atoms. The molecule has 0 aliphatic heterocycles. The molecule has 2 heterocycles. The standard InChI is InChI=1S/C12H15N3O2/c1-14(2)7-9-8-15-10(12(16)17-3)5-4-6-11(15)13-9/h4-6,8H,7H2,1-3H3. The molecule has 5 heteroatoms. The zero-order chi connectivity index (χ0) is 12.4. The summed E-state index contributed by atoms with van der Waals surface area (Å²) in [6.45, 7) is 0.738. The molecule has 2 aromatic rings. The molecule has 2 rings (SSSR count). The second-order valence-corrected chi connectivity index (χ2v) is 4.10. The zero-order valence-electron chi connectivity index (χ0n) is 10.2. The molecule has 0 aliphatic carbocycles. The molecular formula is C12H15N3O2. The summed E-state index contributed by atoms with van der Waals surface area (Å²) in [6.07, 6.45) is 1.86. The van der Waals surface area contributed by atoms with Crippen molar-refractivity contribution in [3.8, 4) is 0 Å². The van der Waals surface area contributed by atoms with Crippen LogP contribution in [0.3, 0.4) is 0 Å². The molecule has 0 radical (unpaired) electrons. The highest BCUT2D eigenvalue weighted by molar-refractivity contribution is 5.88. The summed E-state index contributed by atoms with van der Waals surface area (Å²) in [5.41, 5.74) is 2.17. The van der Waals surface area contributed by atoms with E-state index in [2.05, 4.69) is 4.98 Å². The fourth-order valence-electron chi connectivity index (χ4n) is 1.73. The van der Waals surface area contributed by atoms with Crippen molar-refractivity contribution < 1.29 is 9.53 Å². The Morgan fingerprint density at radius 3 is 2.88 bits per heavy atom. The molecule has 0 aliphatic rings. The number of ether oxygens (including phenoxy) is 1. The van der Waals surface area contributed by atoms with Gasteiger partial charge in [0.05, 0.1) is 12.8 Å². The Balaban J connectivity index is 2.49. The van der Waals surface area contributed by atoms with Gasteiger partial charge in [-0.25, -0.2) is 9.78 Å². The summed E-state index contributed by atoms with van der Waals surface area (Å²) in [7, 11) is 5.33. The Morgan fingerprint density at radius 2 is 2.24 bits per heavy atom. The van der Waals surface area contributed by atoms with Crippen LogP contribution in [0.4, 0.5) is 0 Å². The lowest BCUT2D eigenvalue weighted by Gasteiger charge is -2.05. The molecule has 0 N–H and O–H groups in total. The number of esters is 1. The maximum absolute atomic E-state index is 11.6. The molecule has 90 valence electrons. The maximum atomic E-state index is 11.6. The first-order chi connectivity index (χ1) is 8.11. The predicted octanol–water partition coefficient (Wildman–Crippen LogP) is 1.18. The van der Waals surface area contributed by atoms with Crippen molar-refractivity contribution in [2.45, 2.75) is 6.54 Å². The number of pyridine rings is 1. The Morgan fingerprint density at radius 1 is 1.47 bits per heavy atom. The molecule has 0 aromatic carbocycles. The minimum atomic E-state index is -0.357. The fourth-order valence-corrected chi connectivity index (χ4v) is 1.73. The highest BCUT2D eigenvalue weighted by Crippen LogP contribution is 2.11. The molecule has 0 saturated carbocycles. The number of fused-ring (bicyclic) bond motifs is 1. The van der Waals surface area contributed by atoms with Crippen LogP contribution in [0.5, 0.6) is 0 Å². The van der Waals surface area contributed by atoms with E-state index < -0.39 is 0 Å². The summed E-state index contributed by atoms with van der Waals surface area (Å²) in [5.74, 6) is -0.357. The Labute approximate surface area is 99.6 Å². The molecular weight excluding hydrogens is 218 g/mol. The predicted molar refractivity (Wildman–Crippen MR) is 63.9 cm³/mol. The summed E-state index contributed by atoms with van der Waals surface area (Å²) < 4.78 is 6.49. The van der Waals surface area contributed by atoms with Gasteiger partial charge in [-0.1, -0.05) is 6.07 Å². The van der Waals surface area contributed by atoms with Gasteiger partial charge in [-0.2, -0.15) is 0 Å². The SMILES string of the molecule is COC(=O)c1cccc2nc(CN(C)C)cn12. The van der Waals surface area contributed by atoms with E-state index >= 15 is 0 Å². The van der Waals surface area contributed by atoms with E-state index in [9.17, 15) is 4.79 Å². The fraction of sp³-hybridized carbons (Fsp3) is 0.333. The Hall–Kier alpha value is -1.88. The summed E-state index contributed by atoms with van der Waals surface area (Å²) in [6, 6.07) is 5.39. The molecule has 2 aromatic heterocycles. The van der Waals surface area contributed by atoms with Gasteiger partial charge in [0, 0.05) is 12.7 Å². The van der Waals surface area contributed by atoms with Crippen molar-refractivity contribution in [1.82, 2.24) is 14.3 Å². The van der Waals surface area contributed by atoms with Gasteiger partial charge in [0.2, 0.25) is 0 Å². The first-order valence-electron chi connectivity index (χ1n) is 5.32. The third-order valence-electron chi connectivity index (χ3n) is 2.41. The van der Waals surface area contributed by atoms with Gasteiger partial charge in [0.1, 0.15) is 11.3 Å². The minimum absolute atomic E-state index is 0.357. The first-order valence-corrected chi connectivity index (χ1v) is 5.32. The Kier molecular flexibility index (Phi) is 3.10. The van der Waals surface area contributed by atoms with Crippen LogP contribution in [0.1, 0.15) is 16.2 Å². The molecule has 0 atom stereocenters. The van der Waals surface area contributed by atoms with Crippen molar-refractivity contribution in [3.63, 3.8) is 0 Å². The van der Waals surface area contributed by atoms with E-state index in [1.165, 1.54) is 7.11 Å². The normalized spacial score (nSPS) is 11.1. The Bertz CT molecular complexity index is 546. The highest BCUT2D eigenvalue weighted by atomic mass is 16.5. The number of imidazole rings is 1. The van der Waals surface area contributed by atoms with Gasteiger partial charge in [-0.05, 0) is 26.2 Å². The van der Waals surface area contributed by atoms with Gasteiger partial charge in [0.25, 0.3) is 0 Å². The number of methoxy groups -OCH3 is 1. The van der Waals surface area contributed by atoms with Crippen LogP contribution < -0.4 is 0 Å². The lowest BCUT2D eigenvalue weighted by molar-refractivity contribution is 0.0592. The molecule has 0 fully saturated rings. The third kappa shape index (κ3) is 2.29. The molecule has 0 unspecified atom stereocenters. The maximum Gasteiger partial charge on any atom is 0.355 e. The highest BCUT2D eigenvalue weighted by Gasteiger charge is 2.11. The van der Waals surface area contributed by atoms with E-state index in [0.717, 1.165) is 17.9 Å². The third-order valence-corrected chi connectivity index (χ3v) is 2.41. The summed E-state index contributed by atoms with van der Waals surface area (Å²) >= 11 is 0. The molecule has 0 amide bonds. The average molecular weight is 233 g/mol. The number of nitrogens with zero attached hydrogens (tertiary/aromatic N) is 3. The number of hydrogen-bond donors (Lipinski definition) is 0. The number of carbonyl (C=O) groups is 1. The van der Waals surface area contributed by atoms with Gasteiger partial charge < -0.3 is 9.64 Å². The monoisotopic (exact) mass is 233 g/mol. The minimum Gasteiger partial charge on any atom is -0.464 e. The van der Waals surface area contributed by atoms with Crippen LogP contribution in [0.15, 0.2) is 24.4 Å². The van der Waals surface area contributed by atoms with E-state index in [4.69, 9.17) is 4.74 Å². The first kappa shape index (κ1) is 11.6. The van der Waals surface area contributed by atoms with E-state index in [1.54, 1.807) is 16.5 Å². The topological polar surface area (TPSA) is 46.8 Å². The number of rotatable bonds is 3. The van der Waals surface area contributed by atoms with Crippen LogP contribution in [0.2, 0.25) is 0 Å². The average Bonchev–Trinajstić information content (AvgIpc) is 2.68. The van der Waals surface area contributed by atoms with Crippen molar-refractivity contribution in [2.75, 3.05) is 21.2 Å². The van der Waals surface area contributed by atoms with Crippen LogP contribution in [-0.2, 0) is 11.3 Å². The lowest BCUT2D eigenvalue weighted by atomic mass is 10.3. The van der Waals surface area contributed by atoms with E-state index in [-0.39, 0.29) is 5.97 Å². The van der Waals surface area contributed by atoms with Crippen molar-refractivity contribution in [2.24, 2.45) is 0 Å². The zero-order valence-corrected chi connectivity index (χ0v) is 10.2. The van der Waals surface area contributed by atoms with Crippen molar-refractivity contribution in [1.29, 1.82) is 0 Å². The number of aromatic nitrogens is 2. The molecule has 0 saturated heterocycles. The van der Waals surface area contributed by atoms with E-state index in [1.807, 2.05) is 31.3 Å². The number of carbonyl (C=O) groups excluding carboxylic acids is 1. The lowest BCUT2D eigenvalue weighted by Crippen LogP contribution is -2.10. The van der Waals surface area contributed by atoms with Gasteiger partial charge >= 0.3 is 5.97 Å². The summed E-state index contributed by atoms with van der Waals surface area (Å²) in [5, 5.41) is 0.